The zero-order valence-electron chi connectivity index (χ0n) is 18.7. The smallest absolute Gasteiger partial charge is 0.387 e. The van der Waals surface area contributed by atoms with Gasteiger partial charge in [0.2, 0.25) is 0 Å². The minimum Gasteiger partial charge on any atom is -0.433 e. The Kier molecular flexibility index (Phi) is 6.54. The molecular weight excluding hydrogens is 456 g/mol. The molecule has 1 unspecified atom stereocenters. The number of nitrogens with zero attached hydrogens (tertiary/aromatic N) is 3. The molecule has 7 nitrogen and oxygen atoms in total. The lowest BCUT2D eigenvalue weighted by Crippen LogP contribution is -2.49. The molecule has 1 aromatic heterocycles. The highest BCUT2D eigenvalue weighted by Crippen LogP contribution is 2.40. The zero-order valence-corrected chi connectivity index (χ0v) is 18.7. The largest absolute Gasteiger partial charge is 0.433 e. The predicted molar refractivity (Wildman–Crippen MR) is 127 cm³/mol. The van der Waals surface area contributed by atoms with Gasteiger partial charge >= 0.3 is 6.61 Å². The van der Waals surface area contributed by atoms with E-state index in [9.17, 15) is 18.7 Å². The fourth-order valence-electron chi connectivity index (χ4n) is 4.46. The molecule has 3 aromatic rings. The van der Waals surface area contributed by atoms with E-state index < -0.39 is 12.2 Å². The van der Waals surface area contributed by atoms with Crippen LogP contribution < -0.4 is 4.74 Å². The number of aliphatic hydroxyl groups is 1. The Bertz CT molecular complexity index is 1340. The third kappa shape index (κ3) is 4.24. The molecule has 0 radical (unpaired) electrons. The fourth-order valence-corrected chi connectivity index (χ4v) is 4.46. The van der Waals surface area contributed by atoms with Crippen molar-refractivity contribution in [1.82, 2.24) is 14.5 Å². The van der Waals surface area contributed by atoms with Gasteiger partial charge < -0.3 is 19.5 Å². The number of amides is 1. The molecule has 9 heteroatoms. The van der Waals surface area contributed by atoms with E-state index >= 15 is 0 Å². The molecule has 2 aliphatic heterocycles. The lowest BCUT2D eigenvalue weighted by Gasteiger charge is -2.34. The molecule has 1 fully saturated rings. The first-order chi connectivity index (χ1) is 16.3. The van der Waals surface area contributed by atoms with Crippen molar-refractivity contribution in [2.24, 2.45) is 0 Å². The molecule has 1 amide bonds. The van der Waals surface area contributed by atoms with Gasteiger partial charge in [0.25, 0.3) is 5.91 Å². The molecule has 2 aromatic carbocycles. The van der Waals surface area contributed by atoms with E-state index in [2.05, 4.69) is 11.8 Å². The highest BCUT2D eigenvalue weighted by molar-refractivity contribution is 6.00. The zero-order chi connectivity index (χ0) is 24.0. The number of carbonyl (C=O) groups excluding carboxylic acids is 1. The van der Waals surface area contributed by atoms with Gasteiger partial charge in [0.05, 0.1) is 35.9 Å². The quantitative estimate of drug-likeness (QED) is 0.560. The average molecular weight is 484 g/mol. The first-order valence-electron chi connectivity index (χ1n) is 11.0. The number of hydrogen-bond donors (Lipinski definition) is 1. The van der Waals surface area contributed by atoms with Crippen molar-refractivity contribution in [3.05, 3.63) is 53.3 Å². The number of para-hydroxylation sites is 1. The van der Waals surface area contributed by atoms with Gasteiger partial charge in [0, 0.05) is 19.0 Å². The molecule has 184 valence electrons. The van der Waals surface area contributed by atoms with Crippen LogP contribution in [0.4, 0.5) is 8.78 Å². The molecule has 35 heavy (non-hydrogen) atoms. The summed E-state index contributed by atoms with van der Waals surface area (Å²) in [7, 11) is 1.68. The Morgan fingerprint density at radius 3 is 2.74 bits per heavy atom. The maximum absolute atomic E-state index is 13.3. The Hall–Kier alpha value is -3.48. The number of ether oxygens (including phenoxy) is 2. The van der Waals surface area contributed by atoms with Crippen LogP contribution in [-0.4, -0.2) is 57.9 Å². The summed E-state index contributed by atoms with van der Waals surface area (Å²) < 4.78 is 38.1. The van der Waals surface area contributed by atoms with Gasteiger partial charge in [0.15, 0.2) is 5.75 Å². The summed E-state index contributed by atoms with van der Waals surface area (Å²) in [5, 5.41) is 10.2. The summed E-state index contributed by atoms with van der Waals surface area (Å²) in [6.45, 7) is -0.581. The monoisotopic (exact) mass is 483 g/mol. The van der Waals surface area contributed by atoms with Crippen molar-refractivity contribution >= 4 is 16.9 Å². The van der Waals surface area contributed by atoms with Crippen LogP contribution in [0.5, 0.6) is 5.75 Å². The minimum atomic E-state index is -3.05. The molecule has 1 N–H and O–H groups in total. The van der Waals surface area contributed by atoms with E-state index in [0.717, 1.165) is 0 Å². The van der Waals surface area contributed by atoms with Gasteiger partial charge in [-0.1, -0.05) is 32.3 Å². The second-order valence-corrected chi connectivity index (χ2v) is 8.58. The third-order valence-electron chi connectivity index (χ3n) is 6.21. The Labute approximate surface area is 202 Å². The van der Waals surface area contributed by atoms with Crippen molar-refractivity contribution in [3.8, 4) is 23.3 Å². The first kappa shape index (κ1) is 24.6. The molecule has 0 spiro atoms. The number of hydrogen-bond acceptors (Lipinski definition) is 5. The number of halogens is 2. The maximum Gasteiger partial charge on any atom is 0.387 e. The summed E-state index contributed by atoms with van der Waals surface area (Å²) >= 11 is 0. The Morgan fingerprint density at radius 1 is 1.31 bits per heavy atom. The summed E-state index contributed by atoms with van der Waals surface area (Å²) in [6.07, 6.45) is 0.861. The number of alkyl halides is 2. The van der Waals surface area contributed by atoms with E-state index in [1.54, 1.807) is 22.6 Å². The van der Waals surface area contributed by atoms with Crippen molar-refractivity contribution in [2.45, 2.75) is 45.4 Å². The third-order valence-corrected chi connectivity index (χ3v) is 6.21. The number of rotatable bonds is 4. The van der Waals surface area contributed by atoms with E-state index in [1.165, 1.54) is 12.1 Å². The second kappa shape index (κ2) is 9.29. The lowest BCUT2D eigenvalue weighted by atomic mass is 9.98. The van der Waals surface area contributed by atoms with Crippen molar-refractivity contribution < 1.29 is 28.2 Å². The summed E-state index contributed by atoms with van der Waals surface area (Å²) in [6, 6.07) is 9.63. The molecule has 0 aliphatic carbocycles. The molecule has 0 saturated carbocycles. The molecule has 2 aliphatic rings. The number of benzene rings is 2. The normalized spacial score (nSPS) is 18.1. The van der Waals surface area contributed by atoms with Crippen molar-refractivity contribution in [2.75, 3.05) is 20.3 Å². The van der Waals surface area contributed by atoms with E-state index in [0.29, 0.717) is 28.8 Å². The standard InChI is InChI=1S/C25H23F2N3O4.CH4/c1-3-18-22-28-17-10-9-15(6-5-11-25(32)13-33-14-25)12-19(17)30(22)21-16(23(31)29(18)2)7-4-8-20(21)34-24(26)27;/h4,7-10,12,18,24,32H,3,11,13-14H2,1-2H3;1H4. The minimum absolute atomic E-state index is 0. The van der Waals surface area contributed by atoms with Crippen LogP contribution in [0.15, 0.2) is 36.4 Å². The van der Waals surface area contributed by atoms with Crippen LogP contribution in [0.3, 0.4) is 0 Å². The summed E-state index contributed by atoms with van der Waals surface area (Å²) in [5.41, 5.74) is 1.51. The number of imidazole rings is 1. The Balaban J connectivity index is 0.00000289. The molecule has 3 heterocycles. The molecular formula is C26H27F2N3O4. The Morgan fingerprint density at radius 2 is 2.09 bits per heavy atom. The first-order valence-corrected chi connectivity index (χ1v) is 11.0. The number of fused-ring (bicyclic) bond motifs is 5. The summed E-state index contributed by atoms with van der Waals surface area (Å²) in [4.78, 5) is 19.6. The highest BCUT2D eigenvalue weighted by atomic mass is 19.3. The van der Waals surface area contributed by atoms with Gasteiger partial charge in [-0.25, -0.2) is 4.98 Å². The van der Waals surface area contributed by atoms with E-state index in [1.807, 2.05) is 25.1 Å². The van der Waals surface area contributed by atoms with Gasteiger partial charge in [-0.15, -0.1) is 0 Å². The fraction of sp³-hybridized carbons (Fsp3) is 0.385. The van der Waals surface area contributed by atoms with Gasteiger partial charge in [0.1, 0.15) is 17.1 Å². The summed E-state index contributed by atoms with van der Waals surface area (Å²) in [5.74, 6) is 6.20. The van der Waals surface area contributed by atoms with Crippen LogP contribution in [0, 0.1) is 11.8 Å². The van der Waals surface area contributed by atoms with Crippen molar-refractivity contribution in [1.29, 1.82) is 0 Å². The number of carbonyl (C=O) groups is 1. The van der Waals surface area contributed by atoms with Crippen LogP contribution in [0.1, 0.15) is 55.0 Å². The predicted octanol–water partition coefficient (Wildman–Crippen LogP) is 4.30. The van der Waals surface area contributed by atoms with Crippen LogP contribution in [-0.2, 0) is 4.74 Å². The topological polar surface area (TPSA) is 76.8 Å². The van der Waals surface area contributed by atoms with E-state index in [-0.39, 0.29) is 56.0 Å². The van der Waals surface area contributed by atoms with Gasteiger partial charge in [-0.05, 0) is 36.8 Å². The molecule has 0 bridgehead atoms. The van der Waals surface area contributed by atoms with Crippen LogP contribution in [0.25, 0.3) is 16.7 Å². The van der Waals surface area contributed by atoms with E-state index in [4.69, 9.17) is 14.5 Å². The highest BCUT2D eigenvalue weighted by Gasteiger charge is 2.36. The van der Waals surface area contributed by atoms with Gasteiger partial charge in [-0.3, -0.25) is 9.36 Å². The maximum atomic E-state index is 13.3. The number of aromatic nitrogens is 2. The lowest BCUT2D eigenvalue weighted by molar-refractivity contribution is -0.174. The second-order valence-electron chi connectivity index (χ2n) is 8.58. The average Bonchev–Trinajstić information content (AvgIpc) is 3.11. The van der Waals surface area contributed by atoms with Gasteiger partial charge in [-0.2, -0.15) is 8.78 Å². The van der Waals surface area contributed by atoms with Crippen LogP contribution >= 0.6 is 0 Å². The molecule has 1 saturated heterocycles. The van der Waals surface area contributed by atoms with Crippen LogP contribution in [0.2, 0.25) is 0 Å². The molecule has 5 rings (SSSR count). The molecule has 1 atom stereocenters. The van der Waals surface area contributed by atoms with Crippen molar-refractivity contribution in [3.63, 3.8) is 0 Å². The SMILES string of the molecule is C.CCC1c2nc3ccc(C#CCC4(O)COC4)cc3n2-c2c(OC(F)F)cccc2C(=O)N1C.